The predicted octanol–water partition coefficient (Wildman–Crippen LogP) is 8.74. The van der Waals surface area contributed by atoms with Crippen LogP contribution in [0.25, 0.3) is 63.3 Å². The van der Waals surface area contributed by atoms with E-state index in [9.17, 15) is 0 Å². The molecule has 0 saturated carbocycles. The summed E-state index contributed by atoms with van der Waals surface area (Å²) in [5.74, 6) is 0. The van der Waals surface area contributed by atoms with Crippen molar-refractivity contribution in [1.29, 1.82) is 0 Å². The zero-order chi connectivity index (χ0) is 20.4. The van der Waals surface area contributed by atoms with Crippen LogP contribution in [0.15, 0.2) is 95.4 Å². The van der Waals surface area contributed by atoms with Crippen LogP contribution in [-0.2, 0) is 0 Å². The number of aromatic nitrogens is 1. The van der Waals surface area contributed by atoms with E-state index >= 15 is 0 Å². The summed E-state index contributed by atoms with van der Waals surface area (Å²) in [6.45, 7) is 0. The summed E-state index contributed by atoms with van der Waals surface area (Å²) in [5, 5.41) is 4.58. The predicted molar refractivity (Wildman–Crippen MR) is 133 cm³/mol. The molecule has 0 spiro atoms. The number of furan rings is 1. The maximum atomic E-state index is 6.25. The van der Waals surface area contributed by atoms with E-state index < -0.39 is 0 Å². The number of hydrogen-bond donors (Lipinski definition) is 0. The second kappa shape index (κ2) is 6.51. The highest BCUT2D eigenvalue weighted by atomic mass is 32.1. The maximum absolute atomic E-state index is 6.25. The van der Waals surface area contributed by atoms with Crippen LogP contribution in [-0.4, -0.2) is 4.98 Å². The molecule has 0 aliphatic rings. The second-order valence-electron chi connectivity index (χ2n) is 7.61. The van der Waals surface area contributed by atoms with Gasteiger partial charge in [-0.2, -0.15) is 0 Å². The molecule has 0 bridgehead atoms. The fraction of sp³-hybridized carbons (Fsp3) is 0. The first-order valence-corrected chi connectivity index (χ1v) is 11.8. The number of thiophene rings is 1. The molecule has 3 aromatic heterocycles. The van der Waals surface area contributed by atoms with Crippen molar-refractivity contribution in [2.75, 3.05) is 0 Å². The molecule has 0 fully saturated rings. The van der Waals surface area contributed by atoms with Crippen LogP contribution in [0.2, 0.25) is 0 Å². The van der Waals surface area contributed by atoms with E-state index in [-0.39, 0.29) is 0 Å². The molecule has 2 nitrogen and oxygen atoms in total. The molecule has 7 rings (SSSR count). The van der Waals surface area contributed by atoms with Crippen molar-refractivity contribution in [3.05, 3.63) is 91.0 Å². The monoisotopic (exact) mass is 433 g/mol. The minimum absolute atomic E-state index is 0.916. The Morgan fingerprint density at radius 2 is 1.48 bits per heavy atom. The summed E-state index contributed by atoms with van der Waals surface area (Å²) >= 11 is 3.51. The van der Waals surface area contributed by atoms with Gasteiger partial charge in [-0.3, -0.25) is 0 Å². The third-order valence-electron chi connectivity index (χ3n) is 5.77. The van der Waals surface area contributed by atoms with Crippen molar-refractivity contribution in [3.63, 3.8) is 0 Å². The van der Waals surface area contributed by atoms with Crippen molar-refractivity contribution in [3.8, 4) is 21.7 Å². The third kappa shape index (κ3) is 2.59. The Bertz CT molecular complexity index is 1740. The van der Waals surface area contributed by atoms with Crippen molar-refractivity contribution in [2.24, 2.45) is 0 Å². The first kappa shape index (κ1) is 17.2. The van der Waals surface area contributed by atoms with Gasteiger partial charge in [0.1, 0.15) is 21.0 Å². The SMILES string of the molecule is c1ccc(-c2ccc3sc4nc(-c5cccc6c5oc5ccccc56)sc4c3c2)cc1. The molecule has 0 saturated heterocycles. The van der Waals surface area contributed by atoms with Crippen molar-refractivity contribution >= 4 is 64.2 Å². The van der Waals surface area contributed by atoms with Crippen LogP contribution in [0.1, 0.15) is 0 Å². The molecule has 3 heterocycles. The Labute approximate surface area is 186 Å². The summed E-state index contributed by atoms with van der Waals surface area (Å²) < 4.78 is 8.78. The highest BCUT2D eigenvalue weighted by Crippen LogP contribution is 2.44. The lowest BCUT2D eigenvalue weighted by Gasteiger charge is -2.01. The standard InChI is InChI=1S/C27H15NOS2/c1-2-7-16(8-3-1)17-13-14-23-21(15-17)25-27(30-23)28-26(31-25)20-11-6-10-19-18-9-4-5-12-22(18)29-24(19)20/h1-15H. The number of hydrogen-bond acceptors (Lipinski definition) is 4. The largest absolute Gasteiger partial charge is 0.455 e. The molecule has 0 unspecified atom stereocenters. The fourth-order valence-corrected chi connectivity index (χ4v) is 6.63. The Balaban J connectivity index is 1.45. The quantitative estimate of drug-likeness (QED) is 0.272. The van der Waals surface area contributed by atoms with Crippen molar-refractivity contribution < 1.29 is 4.42 Å². The minimum Gasteiger partial charge on any atom is -0.455 e. The number of benzene rings is 4. The molecule has 0 N–H and O–H groups in total. The zero-order valence-electron chi connectivity index (χ0n) is 16.3. The third-order valence-corrected chi connectivity index (χ3v) is 8.08. The maximum Gasteiger partial charge on any atom is 0.145 e. The van der Waals surface area contributed by atoms with Gasteiger partial charge in [-0.25, -0.2) is 4.98 Å². The van der Waals surface area contributed by atoms with E-state index in [1.54, 1.807) is 22.7 Å². The van der Waals surface area contributed by atoms with E-state index in [0.29, 0.717) is 0 Å². The number of rotatable bonds is 2. The van der Waals surface area contributed by atoms with Crippen LogP contribution < -0.4 is 0 Å². The van der Waals surface area contributed by atoms with Gasteiger partial charge in [-0.05, 0) is 35.4 Å². The molecule has 31 heavy (non-hydrogen) atoms. The van der Waals surface area contributed by atoms with E-state index in [1.165, 1.54) is 25.9 Å². The van der Waals surface area contributed by atoms with Crippen LogP contribution in [0.4, 0.5) is 0 Å². The van der Waals surface area contributed by atoms with Gasteiger partial charge in [-0.1, -0.05) is 66.7 Å². The average molecular weight is 434 g/mol. The average Bonchev–Trinajstić information content (AvgIpc) is 3.50. The Kier molecular flexibility index (Phi) is 3.62. The smallest absolute Gasteiger partial charge is 0.145 e. The molecule has 0 amide bonds. The summed E-state index contributed by atoms with van der Waals surface area (Å²) in [6, 6.07) is 31.8. The lowest BCUT2D eigenvalue weighted by molar-refractivity contribution is 0.670. The molecule has 4 aromatic carbocycles. The lowest BCUT2D eigenvalue weighted by Crippen LogP contribution is -1.76. The van der Waals surface area contributed by atoms with Gasteiger partial charge in [-0.15, -0.1) is 22.7 Å². The highest BCUT2D eigenvalue weighted by molar-refractivity contribution is 7.33. The molecule has 0 radical (unpaired) electrons. The summed E-state index contributed by atoms with van der Waals surface area (Å²) in [6.07, 6.45) is 0. The number of thiazole rings is 1. The Morgan fingerprint density at radius 1 is 0.645 bits per heavy atom. The molecule has 7 aromatic rings. The molecule has 0 atom stereocenters. The van der Waals surface area contributed by atoms with Gasteiger partial charge >= 0.3 is 0 Å². The van der Waals surface area contributed by atoms with E-state index in [2.05, 4.69) is 78.9 Å². The molecule has 146 valence electrons. The van der Waals surface area contributed by atoms with Gasteiger partial charge in [0, 0.05) is 20.9 Å². The number of fused-ring (bicyclic) bond motifs is 6. The highest BCUT2D eigenvalue weighted by Gasteiger charge is 2.17. The fourth-order valence-electron chi connectivity index (χ4n) is 4.29. The summed E-state index contributed by atoms with van der Waals surface area (Å²) in [5.41, 5.74) is 5.37. The van der Waals surface area contributed by atoms with Crippen LogP contribution in [0, 0.1) is 0 Å². The first-order chi connectivity index (χ1) is 15.3. The van der Waals surface area contributed by atoms with Crippen LogP contribution >= 0.6 is 22.7 Å². The zero-order valence-corrected chi connectivity index (χ0v) is 18.0. The van der Waals surface area contributed by atoms with Crippen molar-refractivity contribution in [1.82, 2.24) is 4.98 Å². The van der Waals surface area contributed by atoms with Gasteiger partial charge < -0.3 is 4.42 Å². The number of para-hydroxylation sites is 2. The summed E-state index contributed by atoms with van der Waals surface area (Å²) in [7, 11) is 0. The Morgan fingerprint density at radius 3 is 2.42 bits per heavy atom. The molecular weight excluding hydrogens is 418 g/mol. The van der Waals surface area contributed by atoms with E-state index in [1.807, 2.05) is 12.1 Å². The summed E-state index contributed by atoms with van der Waals surface area (Å²) in [4.78, 5) is 6.11. The van der Waals surface area contributed by atoms with Gasteiger partial charge in [0.05, 0.1) is 10.3 Å². The molecule has 4 heteroatoms. The second-order valence-corrected chi connectivity index (χ2v) is 9.64. The van der Waals surface area contributed by atoms with Gasteiger partial charge in [0.2, 0.25) is 0 Å². The van der Waals surface area contributed by atoms with E-state index in [4.69, 9.17) is 9.40 Å². The molecular formula is C27H15NOS2. The first-order valence-electron chi connectivity index (χ1n) is 10.1. The lowest BCUT2D eigenvalue weighted by atomic mass is 10.0. The van der Waals surface area contributed by atoms with Crippen LogP contribution in [0.3, 0.4) is 0 Å². The van der Waals surface area contributed by atoms with Crippen LogP contribution in [0.5, 0.6) is 0 Å². The topological polar surface area (TPSA) is 26.0 Å². The normalized spacial score (nSPS) is 11.9. The van der Waals surface area contributed by atoms with Gasteiger partial charge in [0.15, 0.2) is 0 Å². The number of nitrogens with zero attached hydrogens (tertiary/aromatic N) is 1. The minimum atomic E-state index is 0.916. The van der Waals surface area contributed by atoms with Gasteiger partial charge in [0.25, 0.3) is 0 Å². The Hall–Kier alpha value is -3.47. The molecule has 0 aliphatic heterocycles. The van der Waals surface area contributed by atoms with Crippen molar-refractivity contribution in [2.45, 2.75) is 0 Å². The van der Waals surface area contributed by atoms with E-state index in [0.717, 1.165) is 37.3 Å². The molecule has 0 aliphatic carbocycles.